The van der Waals surface area contributed by atoms with Gasteiger partial charge in [-0.2, -0.15) is 0 Å². The van der Waals surface area contributed by atoms with Crippen LogP contribution in [0.4, 0.5) is 10.5 Å². The number of carbonyl (C=O) groups excluding carboxylic acids is 2. The highest BCUT2D eigenvalue weighted by atomic mass is 16.5. The van der Waals surface area contributed by atoms with Crippen molar-refractivity contribution in [2.75, 3.05) is 38.1 Å². The average Bonchev–Trinajstić information content (AvgIpc) is 3.23. The number of pyridine rings is 1. The molecule has 27 heavy (non-hydrogen) atoms. The first-order valence-electron chi connectivity index (χ1n) is 9.19. The largest absolute Gasteiger partial charge is 0.368 e. The lowest BCUT2D eigenvalue weighted by Crippen LogP contribution is -2.53. The summed E-state index contributed by atoms with van der Waals surface area (Å²) in [5.41, 5.74) is 0.381. The average molecular weight is 370 g/mol. The van der Waals surface area contributed by atoms with Gasteiger partial charge in [0.2, 0.25) is 0 Å². The fraction of sp³-hybridized carbons (Fsp3) is 0.421. The Morgan fingerprint density at radius 1 is 1.11 bits per heavy atom. The number of amides is 3. The lowest BCUT2D eigenvalue weighted by Gasteiger charge is -2.35. The van der Waals surface area contributed by atoms with Gasteiger partial charge in [0.1, 0.15) is 6.10 Å². The predicted molar refractivity (Wildman–Crippen MR) is 101 cm³/mol. The molecule has 0 bridgehead atoms. The minimum Gasteiger partial charge on any atom is -0.368 e. The molecule has 2 N–H and O–H groups in total. The van der Waals surface area contributed by atoms with Crippen LogP contribution >= 0.6 is 0 Å². The zero-order valence-corrected chi connectivity index (χ0v) is 14.9. The lowest BCUT2D eigenvalue weighted by molar-refractivity contribution is -0.142. The van der Waals surface area contributed by atoms with Gasteiger partial charge in [-0.1, -0.05) is 6.07 Å². The summed E-state index contributed by atoms with van der Waals surface area (Å²) < 4.78 is 5.45. The van der Waals surface area contributed by atoms with Crippen LogP contribution in [0.1, 0.15) is 12.8 Å². The molecule has 142 valence electrons. The van der Waals surface area contributed by atoms with E-state index in [1.54, 1.807) is 34.2 Å². The third-order valence-corrected chi connectivity index (χ3v) is 5.11. The van der Waals surface area contributed by atoms with Crippen molar-refractivity contribution in [1.29, 1.82) is 0 Å². The second kappa shape index (κ2) is 7.40. The Hall–Kier alpha value is -2.87. The summed E-state index contributed by atoms with van der Waals surface area (Å²) in [5, 5.41) is 4.18. The fourth-order valence-electron chi connectivity index (χ4n) is 3.57. The molecule has 1 unspecified atom stereocenters. The summed E-state index contributed by atoms with van der Waals surface area (Å²) in [7, 11) is 0. The third-order valence-electron chi connectivity index (χ3n) is 5.11. The van der Waals surface area contributed by atoms with E-state index in [1.165, 1.54) is 0 Å². The summed E-state index contributed by atoms with van der Waals surface area (Å²) in [6.45, 7) is 2.59. The number of rotatable bonds is 2. The van der Waals surface area contributed by atoms with E-state index in [1.807, 2.05) is 6.07 Å². The van der Waals surface area contributed by atoms with Crippen molar-refractivity contribution >= 4 is 28.4 Å². The van der Waals surface area contributed by atoms with E-state index in [-0.39, 0.29) is 23.6 Å². The van der Waals surface area contributed by atoms with Gasteiger partial charge in [-0.3, -0.25) is 9.59 Å². The quantitative estimate of drug-likeness (QED) is 0.835. The zero-order valence-electron chi connectivity index (χ0n) is 14.9. The molecule has 3 amide bonds. The molecule has 4 rings (SSSR count). The number of fused-ring (bicyclic) bond motifs is 1. The second-order valence-corrected chi connectivity index (χ2v) is 6.85. The number of carbonyl (C=O) groups is 2. The Kier molecular flexibility index (Phi) is 4.81. The van der Waals surface area contributed by atoms with E-state index < -0.39 is 0 Å². The molecule has 8 nitrogen and oxygen atoms in total. The second-order valence-electron chi connectivity index (χ2n) is 6.85. The molecule has 1 aromatic carbocycles. The van der Waals surface area contributed by atoms with Crippen LogP contribution in [0.2, 0.25) is 0 Å². The van der Waals surface area contributed by atoms with Gasteiger partial charge in [0, 0.05) is 50.1 Å². The highest BCUT2D eigenvalue weighted by molar-refractivity contribution is 5.93. The van der Waals surface area contributed by atoms with E-state index in [2.05, 4.69) is 10.3 Å². The van der Waals surface area contributed by atoms with Crippen LogP contribution < -0.4 is 10.9 Å². The maximum absolute atomic E-state index is 12.5. The Morgan fingerprint density at radius 2 is 1.89 bits per heavy atom. The van der Waals surface area contributed by atoms with Gasteiger partial charge in [0.05, 0.1) is 0 Å². The van der Waals surface area contributed by atoms with Gasteiger partial charge in [0.15, 0.2) is 0 Å². The molecule has 0 aliphatic carbocycles. The maximum Gasteiger partial charge on any atom is 0.321 e. The molecule has 2 aliphatic rings. The summed E-state index contributed by atoms with van der Waals surface area (Å²) >= 11 is 0. The van der Waals surface area contributed by atoms with Crippen molar-refractivity contribution in [3.05, 3.63) is 40.8 Å². The number of urea groups is 1. The number of benzene rings is 1. The van der Waals surface area contributed by atoms with Crippen LogP contribution in [0.5, 0.6) is 0 Å². The number of hydrogen-bond acceptors (Lipinski definition) is 4. The number of aromatic nitrogens is 1. The zero-order chi connectivity index (χ0) is 18.8. The molecule has 2 aromatic rings. The van der Waals surface area contributed by atoms with Crippen molar-refractivity contribution < 1.29 is 14.3 Å². The van der Waals surface area contributed by atoms with Crippen molar-refractivity contribution in [2.45, 2.75) is 18.9 Å². The van der Waals surface area contributed by atoms with Crippen molar-refractivity contribution in [1.82, 2.24) is 14.8 Å². The first-order valence-corrected chi connectivity index (χ1v) is 9.19. The van der Waals surface area contributed by atoms with Gasteiger partial charge in [-0.05, 0) is 36.4 Å². The fourth-order valence-corrected chi connectivity index (χ4v) is 3.57. The molecule has 2 aliphatic heterocycles. The smallest absolute Gasteiger partial charge is 0.321 e. The number of ether oxygens (including phenoxy) is 1. The van der Waals surface area contributed by atoms with E-state index in [0.29, 0.717) is 43.9 Å². The van der Waals surface area contributed by atoms with E-state index in [4.69, 9.17) is 4.74 Å². The molecule has 2 fully saturated rings. The maximum atomic E-state index is 12.5. The summed E-state index contributed by atoms with van der Waals surface area (Å²) in [5.74, 6) is 0.0290. The van der Waals surface area contributed by atoms with E-state index >= 15 is 0 Å². The van der Waals surface area contributed by atoms with Crippen LogP contribution in [-0.4, -0.2) is 65.6 Å². The minimum absolute atomic E-state index is 0.0290. The van der Waals surface area contributed by atoms with E-state index in [0.717, 1.165) is 18.2 Å². The highest BCUT2D eigenvalue weighted by Crippen LogP contribution is 2.18. The number of H-pyrrole nitrogens is 1. The Morgan fingerprint density at radius 3 is 2.63 bits per heavy atom. The molecule has 0 radical (unpaired) electrons. The summed E-state index contributed by atoms with van der Waals surface area (Å²) in [6, 6.07) is 6.83. The van der Waals surface area contributed by atoms with Crippen LogP contribution in [-0.2, 0) is 9.53 Å². The van der Waals surface area contributed by atoms with Crippen LogP contribution in [0.3, 0.4) is 0 Å². The van der Waals surface area contributed by atoms with Gasteiger partial charge in [0.25, 0.3) is 11.5 Å². The molecule has 0 spiro atoms. The van der Waals surface area contributed by atoms with E-state index in [9.17, 15) is 14.4 Å². The number of nitrogens with one attached hydrogen (secondary N) is 2. The Bertz CT molecular complexity index is 911. The molecule has 0 saturated carbocycles. The molecular formula is C19H22N4O4. The van der Waals surface area contributed by atoms with Crippen molar-refractivity contribution in [3.8, 4) is 0 Å². The SMILES string of the molecule is O=C(Nc1ccc2cc[nH]c(=O)c2c1)N1CCN(C(=O)C2CCCO2)CC1. The van der Waals surface area contributed by atoms with Crippen LogP contribution in [0.15, 0.2) is 35.3 Å². The third kappa shape index (κ3) is 3.66. The molecule has 8 heteroatoms. The molecular weight excluding hydrogens is 348 g/mol. The number of aromatic amines is 1. The summed E-state index contributed by atoms with van der Waals surface area (Å²) in [4.78, 5) is 42.9. The molecule has 1 aromatic heterocycles. The highest BCUT2D eigenvalue weighted by Gasteiger charge is 2.31. The van der Waals surface area contributed by atoms with Crippen molar-refractivity contribution in [3.63, 3.8) is 0 Å². The Balaban J connectivity index is 1.36. The number of hydrogen-bond donors (Lipinski definition) is 2. The lowest BCUT2D eigenvalue weighted by atomic mass is 10.1. The number of piperazine rings is 1. The standard InChI is InChI=1S/C19H22N4O4/c24-17-15-12-14(4-3-13(15)5-6-20-17)21-19(26)23-9-7-22(8-10-23)18(25)16-2-1-11-27-16/h3-6,12,16H,1-2,7-11H2,(H,20,24)(H,21,26). The molecule has 1 atom stereocenters. The topological polar surface area (TPSA) is 94.7 Å². The van der Waals surface area contributed by atoms with Gasteiger partial charge >= 0.3 is 6.03 Å². The summed E-state index contributed by atoms with van der Waals surface area (Å²) in [6.07, 6.45) is 2.98. The number of anilines is 1. The van der Waals surface area contributed by atoms with Gasteiger partial charge in [-0.25, -0.2) is 4.79 Å². The minimum atomic E-state index is -0.318. The molecule has 2 saturated heterocycles. The monoisotopic (exact) mass is 370 g/mol. The normalized spacial score (nSPS) is 20.1. The first-order chi connectivity index (χ1) is 13.1. The predicted octanol–water partition coefficient (Wildman–Crippen LogP) is 1.38. The Labute approximate surface area is 156 Å². The van der Waals surface area contributed by atoms with Crippen LogP contribution in [0, 0.1) is 0 Å². The molecule has 3 heterocycles. The van der Waals surface area contributed by atoms with Crippen molar-refractivity contribution in [2.24, 2.45) is 0 Å². The number of nitrogens with zero attached hydrogens (tertiary/aromatic N) is 2. The van der Waals surface area contributed by atoms with Crippen LogP contribution in [0.25, 0.3) is 10.8 Å². The first kappa shape index (κ1) is 17.5. The van der Waals surface area contributed by atoms with Gasteiger partial charge in [-0.15, -0.1) is 0 Å². The van der Waals surface area contributed by atoms with Gasteiger partial charge < -0.3 is 24.8 Å².